The summed E-state index contributed by atoms with van der Waals surface area (Å²) in [6.45, 7) is 4.17. The van der Waals surface area contributed by atoms with Crippen LogP contribution >= 0.6 is 0 Å². The topological polar surface area (TPSA) is 114 Å². The van der Waals surface area contributed by atoms with Crippen molar-refractivity contribution in [2.24, 2.45) is 5.14 Å². The van der Waals surface area contributed by atoms with E-state index in [0.717, 1.165) is 5.56 Å². The molecule has 7 nitrogen and oxygen atoms in total. The van der Waals surface area contributed by atoms with Gasteiger partial charge in [0.25, 0.3) is 10.2 Å². The van der Waals surface area contributed by atoms with Gasteiger partial charge in [-0.25, -0.2) is 9.53 Å². The summed E-state index contributed by atoms with van der Waals surface area (Å²) >= 11 is 0. The number of H-pyrrole nitrogens is 1. The van der Waals surface area contributed by atoms with Crippen LogP contribution in [0.4, 0.5) is 10.1 Å². The quantitative estimate of drug-likeness (QED) is 0.473. The van der Waals surface area contributed by atoms with E-state index in [9.17, 15) is 17.6 Å². The summed E-state index contributed by atoms with van der Waals surface area (Å²) in [7, 11) is -3.87. The Bertz CT molecular complexity index is 1140. The predicted octanol–water partition coefficient (Wildman–Crippen LogP) is 3.55. The molecule has 2 aromatic carbocycles. The van der Waals surface area contributed by atoms with Gasteiger partial charge in [0.1, 0.15) is 11.6 Å². The number of hydrogen-bond donors (Lipinski definition) is 3. The van der Waals surface area contributed by atoms with Crippen molar-refractivity contribution in [3.63, 3.8) is 0 Å². The second-order valence-corrected chi connectivity index (χ2v) is 8.02. The molecule has 1 atom stereocenters. The van der Waals surface area contributed by atoms with Gasteiger partial charge < -0.3 is 9.72 Å². The average Bonchev–Trinajstić information content (AvgIpc) is 3.09. The minimum absolute atomic E-state index is 0.144. The van der Waals surface area contributed by atoms with Gasteiger partial charge in [-0.05, 0) is 48.9 Å². The number of aromatic amines is 1. The number of benzene rings is 2. The molecule has 1 heterocycles. The minimum atomic E-state index is -3.87. The van der Waals surface area contributed by atoms with E-state index in [1.807, 2.05) is 6.92 Å². The lowest BCUT2D eigenvalue weighted by Gasteiger charge is -2.12. The molecule has 1 unspecified atom stereocenters. The van der Waals surface area contributed by atoms with Gasteiger partial charge in [-0.15, -0.1) is 0 Å². The first-order valence-electron chi connectivity index (χ1n) is 9.24. The Labute approximate surface area is 174 Å². The smallest absolute Gasteiger partial charge is 0.296 e. The molecule has 158 valence electrons. The number of ketones is 1. The Morgan fingerprint density at radius 1 is 1.17 bits per heavy atom. The standard InChI is InChI=1S/C21H22FN3O4S/c1-3-29-17-10-6-15(7-11-17)21(26)19-12-18(22)20(24-19)13(2)14-4-8-16(9-5-14)25-30(23,27)28/h4-13,24-25H,3H2,1-2H3,(H2,23,27,28). The Morgan fingerprint density at radius 2 is 1.80 bits per heavy atom. The number of ether oxygens (including phenoxy) is 1. The Hall–Kier alpha value is -3.17. The molecule has 1 aromatic heterocycles. The number of hydrogen-bond acceptors (Lipinski definition) is 4. The zero-order chi connectivity index (χ0) is 21.9. The second kappa shape index (κ2) is 8.68. The van der Waals surface area contributed by atoms with E-state index >= 15 is 0 Å². The van der Waals surface area contributed by atoms with Crippen molar-refractivity contribution in [1.82, 2.24) is 4.98 Å². The van der Waals surface area contributed by atoms with Crippen LogP contribution in [0, 0.1) is 5.82 Å². The number of halogens is 1. The molecule has 0 aliphatic heterocycles. The monoisotopic (exact) mass is 431 g/mol. The van der Waals surface area contributed by atoms with Crippen LogP contribution in [0.5, 0.6) is 5.75 Å². The van der Waals surface area contributed by atoms with Crippen molar-refractivity contribution in [1.29, 1.82) is 0 Å². The zero-order valence-corrected chi connectivity index (χ0v) is 17.3. The lowest BCUT2D eigenvalue weighted by atomic mass is 9.97. The third-order valence-corrected chi connectivity index (χ3v) is 5.09. The van der Waals surface area contributed by atoms with E-state index in [0.29, 0.717) is 23.6 Å². The summed E-state index contributed by atoms with van der Waals surface area (Å²) in [5.41, 5.74) is 1.85. The van der Waals surface area contributed by atoms with Crippen molar-refractivity contribution >= 4 is 21.7 Å². The number of carbonyl (C=O) groups excluding carboxylic acids is 1. The van der Waals surface area contributed by atoms with Gasteiger partial charge in [0.05, 0.1) is 18.0 Å². The van der Waals surface area contributed by atoms with Gasteiger partial charge in [-0.3, -0.25) is 9.52 Å². The van der Waals surface area contributed by atoms with Crippen LogP contribution in [0.3, 0.4) is 0 Å². The molecule has 3 aromatic rings. The molecule has 0 spiro atoms. The fraction of sp³-hybridized carbons (Fsp3) is 0.190. The highest BCUT2D eigenvalue weighted by Crippen LogP contribution is 2.28. The van der Waals surface area contributed by atoms with E-state index in [1.165, 1.54) is 18.2 Å². The molecular weight excluding hydrogens is 409 g/mol. The van der Waals surface area contributed by atoms with E-state index in [-0.39, 0.29) is 17.2 Å². The summed E-state index contributed by atoms with van der Waals surface area (Å²) in [4.78, 5) is 15.6. The van der Waals surface area contributed by atoms with Crippen molar-refractivity contribution in [3.8, 4) is 5.75 Å². The molecule has 0 aliphatic carbocycles. The van der Waals surface area contributed by atoms with Crippen molar-refractivity contribution in [2.75, 3.05) is 11.3 Å². The first-order chi connectivity index (χ1) is 14.2. The zero-order valence-electron chi connectivity index (χ0n) is 16.5. The molecule has 3 rings (SSSR count). The van der Waals surface area contributed by atoms with Gasteiger partial charge >= 0.3 is 0 Å². The number of carbonyl (C=O) groups is 1. The summed E-state index contributed by atoms with van der Waals surface area (Å²) in [5.74, 6) is -0.594. The van der Waals surface area contributed by atoms with Crippen LogP contribution in [-0.2, 0) is 10.2 Å². The van der Waals surface area contributed by atoms with Crippen LogP contribution in [0.2, 0.25) is 0 Å². The Kier molecular flexibility index (Phi) is 6.23. The van der Waals surface area contributed by atoms with Crippen LogP contribution in [-0.4, -0.2) is 25.8 Å². The molecule has 30 heavy (non-hydrogen) atoms. The summed E-state index contributed by atoms with van der Waals surface area (Å²) in [6.07, 6.45) is 0. The Morgan fingerprint density at radius 3 is 2.37 bits per heavy atom. The van der Waals surface area contributed by atoms with Gasteiger partial charge in [0.2, 0.25) is 5.78 Å². The summed E-state index contributed by atoms with van der Waals surface area (Å²) in [6, 6.07) is 14.2. The van der Waals surface area contributed by atoms with Crippen LogP contribution < -0.4 is 14.6 Å². The molecule has 0 saturated heterocycles. The lowest BCUT2D eigenvalue weighted by Crippen LogP contribution is -2.21. The minimum Gasteiger partial charge on any atom is -0.494 e. The maximum absolute atomic E-state index is 14.6. The first kappa shape index (κ1) is 21.5. The van der Waals surface area contributed by atoms with Gasteiger partial charge in [-0.1, -0.05) is 19.1 Å². The van der Waals surface area contributed by atoms with Crippen molar-refractivity contribution in [3.05, 3.63) is 82.9 Å². The third kappa shape index (κ3) is 5.05. The fourth-order valence-corrected chi connectivity index (χ4v) is 3.54. The van der Waals surface area contributed by atoms with E-state index < -0.39 is 21.9 Å². The van der Waals surface area contributed by atoms with Crippen LogP contribution in [0.25, 0.3) is 0 Å². The SMILES string of the molecule is CCOc1ccc(C(=O)c2cc(F)c(C(C)c3ccc(NS(N)(=O)=O)cc3)[nH]2)cc1. The summed E-state index contributed by atoms with van der Waals surface area (Å²) in [5, 5.41) is 4.95. The van der Waals surface area contributed by atoms with Gasteiger partial charge in [-0.2, -0.15) is 8.42 Å². The third-order valence-electron chi connectivity index (χ3n) is 4.57. The molecular formula is C21H22FN3O4S. The number of rotatable bonds is 8. The van der Waals surface area contributed by atoms with E-state index in [2.05, 4.69) is 9.71 Å². The van der Waals surface area contributed by atoms with Crippen molar-refractivity contribution < 1.29 is 22.3 Å². The number of nitrogens with two attached hydrogens (primary N) is 1. The molecule has 0 fully saturated rings. The maximum Gasteiger partial charge on any atom is 0.296 e. The maximum atomic E-state index is 14.6. The van der Waals surface area contributed by atoms with Gasteiger partial charge in [0.15, 0.2) is 0 Å². The highest BCUT2D eigenvalue weighted by Gasteiger charge is 2.20. The second-order valence-electron chi connectivity index (χ2n) is 6.72. The largest absolute Gasteiger partial charge is 0.494 e. The van der Waals surface area contributed by atoms with Gasteiger partial charge in [0, 0.05) is 23.2 Å². The molecule has 0 aliphatic rings. The predicted molar refractivity (Wildman–Crippen MR) is 112 cm³/mol. The molecule has 0 amide bonds. The molecule has 4 N–H and O–H groups in total. The molecule has 0 saturated carbocycles. The molecule has 0 radical (unpaired) electrons. The van der Waals surface area contributed by atoms with E-state index in [4.69, 9.17) is 9.88 Å². The normalized spacial score (nSPS) is 12.4. The number of anilines is 1. The van der Waals surface area contributed by atoms with Crippen LogP contribution in [0.1, 0.15) is 47.1 Å². The van der Waals surface area contributed by atoms with E-state index in [1.54, 1.807) is 43.3 Å². The number of nitrogens with one attached hydrogen (secondary N) is 2. The fourth-order valence-electron chi connectivity index (χ4n) is 3.08. The number of aromatic nitrogens is 1. The molecule has 9 heteroatoms. The lowest BCUT2D eigenvalue weighted by molar-refractivity contribution is 0.103. The molecule has 0 bridgehead atoms. The van der Waals surface area contributed by atoms with Crippen molar-refractivity contribution in [2.45, 2.75) is 19.8 Å². The summed E-state index contributed by atoms with van der Waals surface area (Å²) < 4.78 is 44.3. The average molecular weight is 431 g/mol. The Balaban J connectivity index is 1.80. The highest BCUT2D eigenvalue weighted by molar-refractivity contribution is 7.90. The highest BCUT2D eigenvalue weighted by atomic mass is 32.2. The van der Waals surface area contributed by atoms with Crippen LogP contribution in [0.15, 0.2) is 54.6 Å². The first-order valence-corrected chi connectivity index (χ1v) is 10.8.